The molecule has 1 N–H and O–H groups in total. The van der Waals surface area contributed by atoms with E-state index in [2.05, 4.69) is 28.9 Å². The van der Waals surface area contributed by atoms with Crippen LogP contribution in [0.2, 0.25) is 0 Å². The van der Waals surface area contributed by atoms with E-state index < -0.39 is 10.0 Å². The van der Waals surface area contributed by atoms with Gasteiger partial charge in [0.15, 0.2) is 0 Å². The third-order valence-corrected chi connectivity index (χ3v) is 8.99. The van der Waals surface area contributed by atoms with Gasteiger partial charge >= 0.3 is 0 Å². The van der Waals surface area contributed by atoms with Crippen molar-refractivity contribution in [1.29, 1.82) is 0 Å². The molecule has 0 bridgehead atoms. The first-order valence-corrected chi connectivity index (χ1v) is 13.4. The molecule has 2 aromatic carbocycles. The fraction of sp³-hybridized carbons (Fsp3) is 0.481. The molecule has 0 aromatic heterocycles. The van der Waals surface area contributed by atoms with Gasteiger partial charge in [-0.25, -0.2) is 8.42 Å². The summed E-state index contributed by atoms with van der Waals surface area (Å²) in [5, 5.41) is 10.2. The second-order valence-electron chi connectivity index (χ2n) is 9.58. The zero-order valence-electron chi connectivity index (χ0n) is 20.3. The smallest absolute Gasteiger partial charge is 0.243 e. The Balaban J connectivity index is 1.59. The summed E-state index contributed by atoms with van der Waals surface area (Å²) in [6.07, 6.45) is 1.73. The Morgan fingerprint density at radius 3 is 2.44 bits per heavy atom. The van der Waals surface area contributed by atoms with E-state index in [-0.39, 0.29) is 24.6 Å². The number of sulfonamides is 1. The minimum atomic E-state index is -3.59. The number of aliphatic hydroxyl groups excluding tert-OH is 1. The van der Waals surface area contributed by atoms with Gasteiger partial charge in [0, 0.05) is 36.7 Å². The summed E-state index contributed by atoms with van der Waals surface area (Å²) in [5.41, 5.74) is 2.86. The van der Waals surface area contributed by atoms with Gasteiger partial charge in [0.25, 0.3) is 0 Å². The van der Waals surface area contributed by atoms with Crippen LogP contribution in [0, 0.1) is 18.8 Å². The molecule has 7 heteroatoms. The predicted molar refractivity (Wildman–Crippen MR) is 135 cm³/mol. The summed E-state index contributed by atoms with van der Waals surface area (Å²) >= 11 is 0. The largest absolute Gasteiger partial charge is 0.395 e. The first-order valence-electron chi connectivity index (χ1n) is 12.0. The number of nitrogens with zero attached hydrogens (tertiary/aromatic N) is 3. The van der Waals surface area contributed by atoms with Crippen molar-refractivity contribution in [3.8, 4) is 11.8 Å². The van der Waals surface area contributed by atoms with E-state index in [9.17, 15) is 13.5 Å². The lowest BCUT2D eigenvalue weighted by Crippen LogP contribution is -2.67. The molecule has 0 spiro atoms. The number of rotatable bonds is 5. The maximum atomic E-state index is 13.6. The molecular formula is C27H35N3O3S. The summed E-state index contributed by atoms with van der Waals surface area (Å²) in [5.74, 6) is 6.43. The zero-order valence-corrected chi connectivity index (χ0v) is 21.1. The van der Waals surface area contributed by atoms with Gasteiger partial charge in [0.2, 0.25) is 10.0 Å². The van der Waals surface area contributed by atoms with Gasteiger partial charge < -0.3 is 5.11 Å². The molecule has 0 unspecified atom stereocenters. The first kappa shape index (κ1) is 24.9. The molecule has 182 valence electrons. The van der Waals surface area contributed by atoms with Crippen LogP contribution in [0.15, 0.2) is 53.4 Å². The fourth-order valence-electron chi connectivity index (χ4n) is 5.20. The molecule has 2 saturated heterocycles. The third-order valence-electron chi connectivity index (χ3n) is 6.97. The maximum absolute atomic E-state index is 13.6. The Labute approximate surface area is 204 Å². The molecule has 6 nitrogen and oxygen atoms in total. The second-order valence-corrected chi connectivity index (χ2v) is 11.5. The Morgan fingerprint density at radius 1 is 1.06 bits per heavy atom. The van der Waals surface area contributed by atoms with Crippen LogP contribution in [0.5, 0.6) is 0 Å². The summed E-state index contributed by atoms with van der Waals surface area (Å²) in [6, 6.07) is 15.5. The van der Waals surface area contributed by atoms with E-state index in [0.29, 0.717) is 24.5 Å². The highest BCUT2D eigenvalue weighted by Crippen LogP contribution is 2.42. The molecule has 0 amide bonds. The van der Waals surface area contributed by atoms with Gasteiger partial charge in [0.1, 0.15) is 0 Å². The number of aryl methyl sites for hydroxylation is 1. The lowest BCUT2D eigenvalue weighted by Gasteiger charge is -2.57. The average Bonchev–Trinajstić information content (AvgIpc) is 2.78. The van der Waals surface area contributed by atoms with Crippen molar-refractivity contribution in [3.63, 3.8) is 0 Å². The van der Waals surface area contributed by atoms with Gasteiger partial charge in [0.05, 0.1) is 18.0 Å². The minimum Gasteiger partial charge on any atom is -0.395 e. The van der Waals surface area contributed by atoms with Crippen molar-refractivity contribution in [2.24, 2.45) is 0 Å². The van der Waals surface area contributed by atoms with Crippen LogP contribution in [-0.4, -0.2) is 86.6 Å². The molecule has 3 atom stereocenters. The quantitative estimate of drug-likeness (QED) is 0.665. The number of benzene rings is 2. The van der Waals surface area contributed by atoms with Crippen molar-refractivity contribution in [2.75, 3.05) is 46.9 Å². The molecule has 0 saturated carbocycles. The summed E-state index contributed by atoms with van der Waals surface area (Å²) in [7, 11) is 0.399. The van der Waals surface area contributed by atoms with Gasteiger partial charge in [-0.3, -0.25) is 9.80 Å². The predicted octanol–water partition coefficient (Wildman–Crippen LogP) is 2.52. The Kier molecular flexibility index (Phi) is 7.76. The van der Waals surface area contributed by atoms with E-state index in [4.69, 9.17) is 0 Å². The minimum absolute atomic E-state index is 0.0109. The Morgan fingerprint density at radius 2 is 1.76 bits per heavy atom. The maximum Gasteiger partial charge on any atom is 0.243 e. The molecule has 2 aliphatic rings. The zero-order chi connectivity index (χ0) is 24.3. The highest BCUT2D eigenvalue weighted by atomic mass is 32.2. The number of aliphatic hydroxyl groups is 1. The molecule has 2 aromatic rings. The van der Waals surface area contributed by atoms with Crippen LogP contribution in [0.1, 0.15) is 35.4 Å². The van der Waals surface area contributed by atoms with E-state index in [1.54, 1.807) is 16.4 Å². The normalized spacial score (nSPS) is 23.9. The second kappa shape index (κ2) is 10.6. The molecule has 4 rings (SSSR count). The molecule has 2 heterocycles. The Bertz CT molecular complexity index is 1150. The Hall–Kier alpha value is -2.21. The van der Waals surface area contributed by atoms with Crippen LogP contribution in [-0.2, 0) is 10.0 Å². The SMILES string of the molecule is Cc1ccccc1S(=O)(=O)N1CCCCN2[C@@H](CO)[C@H](c3ccc(C#CCN(C)C)cc3)[C@@H]2C1. The van der Waals surface area contributed by atoms with E-state index in [1.807, 2.05) is 50.2 Å². The summed E-state index contributed by atoms with van der Waals surface area (Å²) in [6.45, 7) is 4.47. The number of hydrogen-bond donors (Lipinski definition) is 1. The fourth-order valence-corrected chi connectivity index (χ4v) is 6.92. The monoisotopic (exact) mass is 481 g/mol. The molecule has 34 heavy (non-hydrogen) atoms. The van der Waals surface area contributed by atoms with Crippen LogP contribution >= 0.6 is 0 Å². The van der Waals surface area contributed by atoms with Gasteiger partial charge in [-0.1, -0.05) is 42.2 Å². The molecule has 0 aliphatic carbocycles. The number of fused-ring (bicyclic) bond motifs is 1. The van der Waals surface area contributed by atoms with E-state index in [1.165, 1.54) is 0 Å². The van der Waals surface area contributed by atoms with Crippen LogP contribution in [0.25, 0.3) is 0 Å². The van der Waals surface area contributed by atoms with Gasteiger partial charge in [-0.2, -0.15) is 4.31 Å². The summed E-state index contributed by atoms with van der Waals surface area (Å²) in [4.78, 5) is 4.72. The molecule has 2 fully saturated rings. The standard InChI is InChI=1S/C27H35N3O3S/c1-21-9-4-5-11-26(21)34(32,33)29-17-6-7-18-30-24(19-29)27(25(30)20-31)23-14-12-22(13-15-23)10-8-16-28(2)3/h4-5,9,11-15,24-25,27,31H,6-7,16-20H2,1-3H3/t24-,25-,27+/m0/s1. The molecular weight excluding hydrogens is 446 g/mol. The highest BCUT2D eigenvalue weighted by Gasteiger charge is 2.50. The van der Waals surface area contributed by atoms with Crippen molar-refractivity contribution in [2.45, 2.75) is 42.7 Å². The topological polar surface area (TPSA) is 64.1 Å². The molecule has 2 aliphatic heterocycles. The number of hydrogen-bond acceptors (Lipinski definition) is 5. The van der Waals surface area contributed by atoms with Crippen molar-refractivity contribution >= 4 is 10.0 Å². The van der Waals surface area contributed by atoms with Crippen molar-refractivity contribution in [1.82, 2.24) is 14.1 Å². The van der Waals surface area contributed by atoms with Crippen molar-refractivity contribution < 1.29 is 13.5 Å². The van der Waals surface area contributed by atoms with Crippen molar-refractivity contribution in [3.05, 3.63) is 65.2 Å². The van der Waals surface area contributed by atoms with E-state index in [0.717, 1.165) is 36.1 Å². The van der Waals surface area contributed by atoms with Gasteiger partial charge in [-0.15, -0.1) is 0 Å². The van der Waals surface area contributed by atoms with Gasteiger partial charge in [-0.05, 0) is 69.7 Å². The molecule has 0 radical (unpaired) electrons. The average molecular weight is 482 g/mol. The third kappa shape index (κ3) is 5.07. The van der Waals surface area contributed by atoms with E-state index >= 15 is 0 Å². The van der Waals surface area contributed by atoms with Crippen LogP contribution < -0.4 is 0 Å². The first-order chi connectivity index (χ1) is 16.3. The summed E-state index contributed by atoms with van der Waals surface area (Å²) < 4.78 is 28.8. The highest BCUT2D eigenvalue weighted by molar-refractivity contribution is 7.89. The van der Waals surface area contributed by atoms with Crippen LogP contribution in [0.4, 0.5) is 0 Å². The lowest BCUT2D eigenvalue weighted by atomic mass is 9.74. The lowest BCUT2D eigenvalue weighted by molar-refractivity contribution is -0.0553. The van der Waals surface area contributed by atoms with Crippen LogP contribution in [0.3, 0.4) is 0 Å².